The number of anilines is 1. The second-order valence-electron chi connectivity index (χ2n) is 6.26. The van der Waals surface area contributed by atoms with Gasteiger partial charge in [0.2, 0.25) is 0 Å². The zero-order valence-electron chi connectivity index (χ0n) is 15.0. The molecule has 0 bridgehead atoms. The SMILES string of the molecule is O=C1NC(=O)N(c2ccc(Br)cc2)C(=O)/C1=C\c1ccc(-c2cc(Cl)ccc2Cl)o1. The summed E-state index contributed by atoms with van der Waals surface area (Å²) in [6.45, 7) is 0. The number of nitrogens with one attached hydrogen (secondary N) is 1. The molecule has 9 heteroatoms. The fraction of sp³-hybridized carbons (Fsp3) is 0. The first-order valence-corrected chi connectivity index (χ1v) is 10.1. The lowest BCUT2D eigenvalue weighted by Crippen LogP contribution is -2.54. The summed E-state index contributed by atoms with van der Waals surface area (Å²) in [6.07, 6.45) is 1.28. The predicted octanol–water partition coefficient (Wildman–Crippen LogP) is 5.68. The van der Waals surface area contributed by atoms with E-state index in [9.17, 15) is 14.4 Å². The third kappa shape index (κ3) is 3.92. The highest BCUT2D eigenvalue weighted by molar-refractivity contribution is 9.10. The molecule has 1 saturated heterocycles. The maximum absolute atomic E-state index is 12.9. The molecule has 0 saturated carbocycles. The number of carbonyl (C=O) groups excluding carboxylic acids is 3. The minimum atomic E-state index is -0.824. The molecule has 3 aromatic rings. The number of furan rings is 1. The number of benzene rings is 2. The summed E-state index contributed by atoms with van der Waals surface area (Å²) in [5.41, 5.74) is 0.653. The Morgan fingerprint density at radius 3 is 2.43 bits per heavy atom. The number of carbonyl (C=O) groups is 3. The molecule has 4 rings (SSSR count). The van der Waals surface area contributed by atoms with Crippen LogP contribution in [-0.2, 0) is 9.59 Å². The first-order valence-electron chi connectivity index (χ1n) is 8.56. The van der Waals surface area contributed by atoms with Gasteiger partial charge in [-0.05, 0) is 60.7 Å². The number of hydrogen-bond donors (Lipinski definition) is 1. The molecule has 0 radical (unpaired) electrons. The molecule has 0 spiro atoms. The van der Waals surface area contributed by atoms with Crippen molar-refractivity contribution in [1.29, 1.82) is 0 Å². The van der Waals surface area contributed by atoms with E-state index in [2.05, 4.69) is 21.2 Å². The van der Waals surface area contributed by atoms with Crippen LogP contribution in [-0.4, -0.2) is 17.8 Å². The van der Waals surface area contributed by atoms with Crippen molar-refractivity contribution < 1.29 is 18.8 Å². The van der Waals surface area contributed by atoms with Gasteiger partial charge in [0.15, 0.2) is 0 Å². The van der Waals surface area contributed by atoms with Gasteiger partial charge in [-0.25, -0.2) is 9.69 Å². The topological polar surface area (TPSA) is 79.6 Å². The molecule has 0 aliphatic carbocycles. The second-order valence-corrected chi connectivity index (χ2v) is 8.02. The Balaban J connectivity index is 1.69. The molecule has 150 valence electrons. The summed E-state index contributed by atoms with van der Waals surface area (Å²) in [4.78, 5) is 38.3. The van der Waals surface area contributed by atoms with Gasteiger partial charge < -0.3 is 4.42 Å². The molecule has 1 aliphatic rings. The van der Waals surface area contributed by atoms with E-state index < -0.39 is 17.8 Å². The Morgan fingerprint density at radius 2 is 1.70 bits per heavy atom. The van der Waals surface area contributed by atoms with E-state index in [0.29, 0.717) is 27.1 Å². The van der Waals surface area contributed by atoms with Gasteiger partial charge in [-0.2, -0.15) is 0 Å². The van der Waals surface area contributed by atoms with Crippen LogP contribution in [0.5, 0.6) is 0 Å². The Kier molecular flexibility index (Phi) is 5.51. The van der Waals surface area contributed by atoms with E-state index in [-0.39, 0.29) is 11.3 Å². The Hall–Kier alpha value is -2.87. The summed E-state index contributed by atoms with van der Waals surface area (Å²) in [5.74, 6) is -0.912. The fourth-order valence-corrected chi connectivity index (χ4v) is 3.53. The van der Waals surface area contributed by atoms with Gasteiger partial charge in [0.05, 0.1) is 10.7 Å². The lowest BCUT2D eigenvalue weighted by Gasteiger charge is -2.26. The van der Waals surface area contributed by atoms with Crippen molar-refractivity contribution in [2.75, 3.05) is 4.90 Å². The second kappa shape index (κ2) is 8.10. The van der Waals surface area contributed by atoms with E-state index in [1.165, 1.54) is 6.08 Å². The van der Waals surface area contributed by atoms with Crippen molar-refractivity contribution in [2.24, 2.45) is 0 Å². The average molecular weight is 506 g/mol. The number of urea groups is 1. The summed E-state index contributed by atoms with van der Waals surface area (Å²) >= 11 is 15.5. The van der Waals surface area contributed by atoms with Crippen LogP contribution in [0, 0.1) is 0 Å². The number of nitrogens with zero attached hydrogens (tertiary/aromatic N) is 1. The molecule has 0 atom stereocenters. The normalized spacial score (nSPS) is 15.6. The maximum atomic E-state index is 12.9. The number of imide groups is 2. The van der Waals surface area contributed by atoms with Crippen LogP contribution in [0.4, 0.5) is 10.5 Å². The zero-order chi connectivity index (χ0) is 21.4. The van der Waals surface area contributed by atoms with Gasteiger partial charge >= 0.3 is 6.03 Å². The molecular weight excluding hydrogens is 495 g/mol. The minimum absolute atomic E-state index is 0.240. The number of barbiturate groups is 1. The fourth-order valence-electron chi connectivity index (χ4n) is 2.89. The maximum Gasteiger partial charge on any atom is 0.335 e. The smallest absolute Gasteiger partial charge is 0.335 e. The Morgan fingerprint density at radius 1 is 0.967 bits per heavy atom. The van der Waals surface area contributed by atoms with Crippen LogP contribution >= 0.6 is 39.1 Å². The highest BCUT2D eigenvalue weighted by Crippen LogP contribution is 2.32. The summed E-state index contributed by atoms with van der Waals surface area (Å²) in [5, 5.41) is 3.08. The van der Waals surface area contributed by atoms with Gasteiger partial charge in [-0.1, -0.05) is 39.1 Å². The van der Waals surface area contributed by atoms with E-state index in [1.54, 1.807) is 54.6 Å². The van der Waals surface area contributed by atoms with E-state index in [0.717, 1.165) is 9.37 Å². The highest BCUT2D eigenvalue weighted by Gasteiger charge is 2.37. The van der Waals surface area contributed by atoms with Crippen LogP contribution in [0.2, 0.25) is 10.0 Å². The Labute approximate surface area is 189 Å². The van der Waals surface area contributed by atoms with Crippen LogP contribution in [0.3, 0.4) is 0 Å². The molecule has 6 nitrogen and oxygen atoms in total. The average Bonchev–Trinajstić information content (AvgIpc) is 3.17. The molecule has 2 aromatic carbocycles. The van der Waals surface area contributed by atoms with Crippen molar-refractivity contribution in [1.82, 2.24) is 5.32 Å². The number of rotatable bonds is 3. The van der Waals surface area contributed by atoms with Crippen molar-refractivity contribution >= 4 is 68.7 Å². The van der Waals surface area contributed by atoms with Crippen LogP contribution in [0.25, 0.3) is 17.4 Å². The standard InChI is InChI=1S/C21H11BrCl2N2O4/c22-11-1-4-13(5-2-11)26-20(28)16(19(27)25-21(26)29)10-14-6-8-18(30-14)15-9-12(23)3-7-17(15)24/h1-10H,(H,25,27,29)/b16-10-. The largest absolute Gasteiger partial charge is 0.457 e. The zero-order valence-corrected chi connectivity index (χ0v) is 18.1. The molecule has 1 aromatic heterocycles. The molecule has 1 aliphatic heterocycles. The molecule has 0 unspecified atom stereocenters. The number of halogens is 3. The summed E-state index contributed by atoms with van der Waals surface area (Å²) < 4.78 is 6.51. The van der Waals surface area contributed by atoms with Crippen molar-refractivity contribution in [3.8, 4) is 11.3 Å². The van der Waals surface area contributed by atoms with Crippen LogP contribution in [0.15, 0.2) is 69.1 Å². The van der Waals surface area contributed by atoms with Crippen LogP contribution < -0.4 is 10.2 Å². The first kappa shape index (κ1) is 20.4. The quantitative estimate of drug-likeness (QED) is 0.366. The summed E-state index contributed by atoms with van der Waals surface area (Å²) in [7, 11) is 0. The van der Waals surface area contributed by atoms with Gasteiger partial charge in [-0.3, -0.25) is 14.9 Å². The van der Waals surface area contributed by atoms with E-state index >= 15 is 0 Å². The van der Waals surface area contributed by atoms with Gasteiger partial charge in [0.25, 0.3) is 11.8 Å². The highest BCUT2D eigenvalue weighted by atomic mass is 79.9. The summed E-state index contributed by atoms with van der Waals surface area (Å²) in [6, 6.07) is 13.9. The van der Waals surface area contributed by atoms with Gasteiger partial charge in [-0.15, -0.1) is 0 Å². The lowest BCUT2D eigenvalue weighted by atomic mass is 10.1. The van der Waals surface area contributed by atoms with Crippen molar-refractivity contribution in [2.45, 2.75) is 0 Å². The first-order chi connectivity index (χ1) is 14.3. The molecule has 4 amide bonds. The van der Waals surface area contributed by atoms with Gasteiger partial charge in [0, 0.05) is 15.1 Å². The van der Waals surface area contributed by atoms with E-state index in [4.69, 9.17) is 27.6 Å². The van der Waals surface area contributed by atoms with Crippen LogP contribution in [0.1, 0.15) is 5.76 Å². The third-order valence-electron chi connectivity index (χ3n) is 4.29. The lowest BCUT2D eigenvalue weighted by molar-refractivity contribution is -0.122. The number of amides is 4. The molecular formula is C21H11BrCl2N2O4. The molecule has 30 heavy (non-hydrogen) atoms. The minimum Gasteiger partial charge on any atom is -0.457 e. The predicted molar refractivity (Wildman–Crippen MR) is 117 cm³/mol. The molecule has 1 N–H and O–H groups in total. The third-order valence-corrected chi connectivity index (χ3v) is 5.39. The monoisotopic (exact) mass is 504 g/mol. The van der Waals surface area contributed by atoms with E-state index in [1.807, 2.05) is 0 Å². The van der Waals surface area contributed by atoms with Gasteiger partial charge in [0.1, 0.15) is 17.1 Å². The Bertz CT molecular complexity index is 1220. The molecule has 1 fully saturated rings. The molecule has 2 heterocycles. The van der Waals surface area contributed by atoms with Crippen molar-refractivity contribution in [3.63, 3.8) is 0 Å². The number of hydrogen-bond acceptors (Lipinski definition) is 4. The van der Waals surface area contributed by atoms with Crippen molar-refractivity contribution in [3.05, 3.63) is 80.4 Å².